The number of anilines is 1. The Bertz CT molecular complexity index is 732. The molecule has 0 bridgehead atoms. The molecule has 2 rings (SSSR count). The number of nitrogens with one attached hydrogen (secondary N) is 1. The zero-order chi connectivity index (χ0) is 16.5. The van der Waals surface area contributed by atoms with E-state index in [2.05, 4.69) is 5.32 Å². The third kappa shape index (κ3) is 3.25. The molecule has 0 heterocycles. The number of hydrogen-bond donors (Lipinski definition) is 3. The van der Waals surface area contributed by atoms with Gasteiger partial charge in [-0.2, -0.15) is 13.2 Å². The van der Waals surface area contributed by atoms with Crippen LogP contribution in [0.4, 0.5) is 18.9 Å². The van der Waals surface area contributed by atoms with E-state index >= 15 is 0 Å². The Morgan fingerprint density at radius 2 is 1.82 bits per heavy atom. The van der Waals surface area contributed by atoms with E-state index in [1.807, 2.05) is 0 Å². The minimum atomic E-state index is -4.59. The van der Waals surface area contributed by atoms with Crippen LogP contribution in [-0.4, -0.2) is 16.1 Å². The average Bonchev–Trinajstić information content (AvgIpc) is 2.43. The van der Waals surface area contributed by atoms with Crippen LogP contribution in [0.3, 0.4) is 0 Å². The number of amides is 1. The topological polar surface area (TPSA) is 69.6 Å². The van der Waals surface area contributed by atoms with Crippen LogP contribution in [0.15, 0.2) is 36.4 Å². The van der Waals surface area contributed by atoms with Gasteiger partial charge in [-0.15, -0.1) is 0 Å². The van der Waals surface area contributed by atoms with Crippen LogP contribution in [0.5, 0.6) is 11.5 Å². The molecule has 4 nitrogen and oxygen atoms in total. The van der Waals surface area contributed by atoms with Crippen LogP contribution in [0.1, 0.15) is 15.9 Å². The minimum Gasteiger partial charge on any atom is -0.504 e. The highest BCUT2D eigenvalue weighted by molar-refractivity contribution is 6.34. The number of carbonyl (C=O) groups excluding carboxylic acids is 1. The lowest BCUT2D eigenvalue weighted by Gasteiger charge is -2.12. The van der Waals surface area contributed by atoms with E-state index in [0.717, 1.165) is 18.2 Å². The molecule has 2 aromatic rings. The van der Waals surface area contributed by atoms with Crippen molar-refractivity contribution in [1.29, 1.82) is 0 Å². The Hall–Kier alpha value is -2.41. The molecule has 0 radical (unpaired) electrons. The summed E-state index contributed by atoms with van der Waals surface area (Å²) in [6, 6.07) is 6.12. The summed E-state index contributed by atoms with van der Waals surface area (Å²) >= 11 is 5.75. The first-order valence-corrected chi connectivity index (χ1v) is 6.27. The Balaban J connectivity index is 2.34. The number of benzene rings is 2. The molecule has 22 heavy (non-hydrogen) atoms. The van der Waals surface area contributed by atoms with Gasteiger partial charge in [-0.3, -0.25) is 4.79 Å². The van der Waals surface area contributed by atoms with Gasteiger partial charge in [0.15, 0.2) is 11.5 Å². The zero-order valence-electron chi connectivity index (χ0n) is 10.8. The second kappa shape index (κ2) is 5.76. The van der Waals surface area contributed by atoms with Crippen molar-refractivity contribution >= 4 is 23.2 Å². The van der Waals surface area contributed by atoms with E-state index in [1.54, 1.807) is 0 Å². The lowest BCUT2D eigenvalue weighted by Crippen LogP contribution is -2.14. The van der Waals surface area contributed by atoms with Gasteiger partial charge in [0.05, 0.1) is 21.8 Å². The van der Waals surface area contributed by atoms with Gasteiger partial charge >= 0.3 is 6.18 Å². The first kappa shape index (κ1) is 16.0. The predicted molar refractivity (Wildman–Crippen MR) is 74.2 cm³/mol. The van der Waals surface area contributed by atoms with Crippen molar-refractivity contribution in [2.75, 3.05) is 5.32 Å². The lowest BCUT2D eigenvalue weighted by molar-refractivity contribution is -0.137. The van der Waals surface area contributed by atoms with Gasteiger partial charge in [-0.05, 0) is 30.3 Å². The van der Waals surface area contributed by atoms with Crippen molar-refractivity contribution < 1.29 is 28.2 Å². The molecule has 8 heteroatoms. The van der Waals surface area contributed by atoms with Crippen LogP contribution in [0, 0.1) is 0 Å². The Kier molecular flexibility index (Phi) is 4.18. The maximum Gasteiger partial charge on any atom is 0.416 e. The molecule has 116 valence electrons. The van der Waals surface area contributed by atoms with Crippen LogP contribution in [0.25, 0.3) is 0 Å². The van der Waals surface area contributed by atoms with Crippen LogP contribution >= 0.6 is 11.6 Å². The number of phenolic OH excluding ortho intramolecular Hbond substituents is 2. The van der Waals surface area contributed by atoms with Gasteiger partial charge in [0.25, 0.3) is 5.91 Å². The SMILES string of the molecule is O=C(Nc1cc(C(F)(F)F)ccc1Cl)c1cccc(O)c1O. The minimum absolute atomic E-state index is 0.0963. The molecule has 0 aliphatic rings. The molecule has 2 aromatic carbocycles. The standard InChI is InChI=1S/C14H9ClF3NO3/c15-9-5-4-7(14(16,17)18)6-10(9)19-13(22)8-2-1-3-11(20)12(8)21/h1-6,20-21H,(H,19,22). The van der Waals surface area contributed by atoms with E-state index in [4.69, 9.17) is 11.6 Å². The summed E-state index contributed by atoms with van der Waals surface area (Å²) < 4.78 is 37.9. The zero-order valence-corrected chi connectivity index (χ0v) is 11.5. The molecule has 0 unspecified atom stereocenters. The summed E-state index contributed by atoms with van der Waals surface area (Å²) in [5.41, 5.74) is -1.54. The molecule has 0 fully saturated rings. The number of carbonyl (C=O) groups is 1. The van der Waals surface area contributed by atoms with Crippen molar-refractivity contribution in [3.8, 4) is 11.5 Å². The fraction of sp³-hybridized carbons (Fsp3) is 0.0714. The summed E-state index contributed by atoms with van der Waals surface area (Å²) in [6.07, 6.45) is -4.59. The highest BCUT2D eigenvalue weighted by atomic mass is 35.5. The van der Waals surface area contributed by atoms with Crippen molar-refractivity contribution in [3.05, 3.63) is 52.5 Å². The number of halogens is 4. The van der Waals surface area contributed by atoms with Gasteiger partial charge < -0.3 is 15.5 Å². The molecule has 0 spiro atoms. The molecule has 0 aliphatic heterocycles. The maximum absolute atomic E-state index is 12.6. The number of phenols is 2. The molecule has 1 amide bonds. The van der Waals surface area contributed by atoms with Gasteiger partial charge in [0.2, 0.25) is 0 Å². The molecular weight excluding hydrogens is 323 g/mol. The Morgan fingerprint density at radius 1 is 1.14 bits per heavy atom. The monoisotopic (exact) mass is 331 g/mol. The van der Waals surface area contributed by atoms with Crippen molar-refractivity contribution in [1.82, 2.24) is 0 Å². The summed E-state index contributed by atoms with van der Waals surface area (Å²) in [6.45, 7) is 0. The quantitative estimate of drug-likeness (QED) is 0.728. The van der Waals surface area contributed by atoms with Crippen LogP contribution in [-0.2, 0) is 6.18 Å². The molecule has 0 saturated heterocycles. The molecule has 0 atom stereocenters. The lowest BCUT2D eigenvalue weighted by atomic mass is 10.1. The number of hydrogen-bond acceptors (Lipinski definition) is 3. The molecular formula is C14H9ClF3NO3. The van der Waals surface area contributed by atoms with E-state index in [0.29, 0.717) is 6.07 Å². The second-order valence-electron chi connectivity index (χ2n) is 4.32. The summed E-state index contributed by atoms with van der Waals surface area (Å²) in [7, 11) is 0. The smallest absolute Gasteiger partial charge is 0.416 e. The highest BCUT2D eigenvalue weighted by Crippen LogP contribution is 2.34. The second-order valence-corrected chi connectivity index (χ2v) is 4.73. The van der Waals surface area contributed by atoms with E-state index in [1.165, 1.54) is 12.1 Å². The first-order chi connectivity index (χ1) is 10.2. The first-order valence-electron chi connectivity index (χ1n) is 5.89. The van der Waals surface area contributed by atoms with Crippen LogP contribution in [0.2, 0.25) is 5.02 Å². The van der Waals surface area contributed by atoms with Gasteiger partial charge in [-0.25, -0.2) is 0 Å². The molecule has 0 aromatic heterocycles. The predicted octanol–water partition coefficient (Wildman–Crippen LogP) is 4.02. The average molecular weight is 332 g/mol. The largest absolute Gasteiger partial charge is 0.504 e. The Labute approximate surface area is 127 Å². The third-order valence-corrected chi connectivity index (χ3v) is 3.13. The molecule has 3 N–H and O–H groups in total. The van der Waals surface area contributed by atoms with E-state index in [9.17, 15) is 28.2 Å². The summed E-state index contributed by atoms with van der Waals surface area (Å²) in [4.78, 5) is 12.0. The van der Waals surface area contributed by atoms with Crippen molar-refractivity contribution in [3.63, 3.8) is 0 Å². The molecule has 0 saturated carbocycles. The number of alkyl halides is 3. The molecule has 0 aliphatic carbocycles. The summed E-state index contributed by atoms with van der Waals surface area (Å²) in [5.74, 6) is -2.11. The van der Waals surface area contributed by atoms with Gasteiger partial charge in [-0.1, -0.05) is 17.7 Å². The van der Waals surface area contributed by atoms with Crippen LogP contribution < -0.4 is 5.32 Å². The fourth-order valence-corrected chi connectivity index (χ4v) is 1.87. The van der Waals surface area contributed by atoms with E-state index < -0.39 is 29.1 Å². The number of rotatable bonds is 2. The fourth-order valence-electron chi connectivity index (χ4n) is 1.70. The summed E-state index contributed by atoms with van der Waals surface area (Å²) in [5, 5.41) is 21.0. The normalized spacial score (nSPS) is 11.3. The van der Waals surface area contributed by atoms with Crippen molar-refractivity contribution in [2.45, 2.75) is 6.18 Å². The number of para-hydroxylation sites is 1. The third-order valence-electron chi connectivity index (χ3n) is 2.80. The maximum atomic E-state index is 12.6. The highest BCUT2D eigenvalue weighted by Gasteiger charge is 2.31. The van der Waals surface area contributed by atoms with Gasteiger partial charge in [0.1, 0.15) is 0 Å². The van der Waals surface area contributed by atoms with Crippen molar-refractivity contribution in [2.24, 2.45) is 0 Å². The van der Waals surface area contributed by atoms with E-state index in [-0.39, 0.29) is 16.3 Å². The Morgan fingerprint density at radius 3 is 2.45 bits per heavy atom. The number of aromatic hydroxyl groups is 2. The van der Waals surface area contributed by atoms with Gasteiger partial charge in [0, 0.05) is 0 Å².